The zero-order valence-electron chi connectivity index (χ0n) is 9.81. The van der Waals surface area contributed by atoms with Crippen LogP contribution in [0.5, 0.6) is 0 Å². The molecule has 0 atom stereocenters. The zero-order valence-corrected chi connectivity index (χ0v) is 12.9. The molecule has 2 aromatic rings. The fourth-order valence-electron chi connectivity index (χ4n) is 1.70. The van der Waals surface area contributed by atoms with Crippen LogP contribution in [0.3, 0.4) is 0 Å². The van der Waals surface area contributed by atoms with Crippen molar-refractivity contribution in [3.8, 4) is 0 Å². The third kappa shape index (κ3) is 3.64. The van der Waals surface area contributed by atoms with Gasteiger partial charge >= 0.3 is 0 Å². The highest BCUT2D eigenvalue weighted by Crippen LogP contribution is 2.23. The number of hydrogen-bond donors (Lipinski definition) is 1. The number of benzene rings is 2. The van der Waals surface area contributed by atoms with Gasteiger partial charge in [-0.3, -0.25) is 0 Å². The van der Waals surface area contributed by atoms with Gasteiger partial charge in [0.2, 0.25) is 0 Å². The number of anilines is 1. The number of halogens is 3. The van der Waals surface area contributed by atoms with Crippen molar-refractivity contribution < 1.29 is 0 Å². The van der Waals surface area contributed by atoms with Gasteiger partial charge in [-0.15, -0.1) is 0 Å². The van der Waals surface area contributed by atoms with Crippen molar-refractivity contribution >= 4 is 44.8 Å². The number of hydrogen-bond acceptors (Lipinski definition) is 1. The van der Waals surface area contributed by atoms with E-state index in [-0.39, 0.29) is 0 Å². The molecule has 0 aliphatic carbocycles. The molecule has 4 heteroatoms. The summed E-state index contributed by atoms with van der Waals surface area (Å²) in [6.07, 6.45) is 0. The predicted molar refractivity (Wildman–Crippen MR) is 82.7 cm³/mol. The minimum absolute atomic E-state index is 0.655. The third-order valence-corrected chi connectivity index (χ3v) is 3.58. The third-order valence-electron chi connectivity index (χ3n) is 2.54. The van der Waals surface area contributed by atoms with Crippen LogP contribution in [0.25, 0.3) is 0 Å². The van der Waals surface area contributed by atoms with E-state index in [4.69, 9.17) is 23.2 Å². The number of rotatable bonds is 3. The van der Waals surface area contributed by atoms with Gasteiger partial charge in [-0.2, -0.15) is 0 Å². The van der Waals surface area contributed by atoms with Crippen molar-refractivity contribution in [3.05, 3.63) is 62.0 Å². The van der Waals surface area contributed by atoms with Gasteiger partial charge in [0, 0.05) is 26.8 Å². The van der Waals surface area contributed by atoms with Crippen molar-refractivity contribution in [1.29, 1.82) is 0 Å². The van der Waals surface area contributed by atoms with Crippen LogP contribution in [0, 0.1) is 6.92 Å². The standard InChI is InChI=1S/C14H12BrCl2N/c1-9-4-11(15)6-13(5-9)18-8-10-2-3-12(16)7-14(10)17/h2-7,18H,8H2,1H3. The average molecular weight is 345 g/mol. The highest BCUT2D eigenvalue weighted by Gasteiger charge is 2.02. The highest BCUT2D eigenvalue weighted by molar-refractivity contribution is 9.10. The summed E-state index contributed by atoms with van der Waals surface area (Å²) >= 11 is 15.5. The Bertz CT molecular complexity index is 549. The van der Waals surface area contributed by atoms with Gasteiger partial charge in [0.25, 0.3) is 0 Å². The van der Waals surface area contributed by atoms with Gasteiger partial charge in [0.1, 0.15) is 0 Å². The van der Waals surface area contributed by atoms with E-state index in [0.29, 0.717) is 16.6 Å². The van der Waals surface area contributed by atoms with Gasteiger partial charge < -0.3 is 5.32 Å². The molecule has 0 spiro atoms. The Balaban J connectivity index is 2.11. The molecular formula is C14H12BrCl2N. The minimum Gasteiger partial charge on any atom is -0.381 e. The fraction of sp³-hybridized carbons (Fsp3) is 0.143. The van der Waals surface area contributed by atoms with Crippen LogP contribution in [0.4, 0.5) is 5.69 Å². The summed E-state index contributed by atoms with van der Waals surface area (Å²) in [6.45, 7) is 2.73. The Morgan fingerprint density at radius 3 is 2.56 bits per heavy atom. The van der Waals surface area contributed by atoms with Crippen LogP contribution in [0.1, 0.15) is 11.1 Å². The number of nitrogens with one attached hydrogen (secondary N) is 1. The normalized spacial score (nSPS) is 10.4. The maximum atomic E-state index is 6.12. The first-order valence-corrected chi connectivity index (χ1v) is 7.04. The molecule has 0 unspecified atom stereocenters. The van der Waals surface area contributed by atoms with E-state index in [0.717, 1.165) is 15.7 Å². The van der Waals surface area contributed by atoms with Gasteiger partial charge in [-0.25, -0.2) is 0 Å². The molecular weight excluding hydrogens is 333 g/mol. The second-order valence-electron chi connectivity index (χ2n) is 4.11. The lowest BCUT2D eigenvalue weighted by atomic mass is 10.2. The summed E-state index contributed by atoms with van der Waals surface area (Å²) in [5.41, 5.74) is 3.29. The molecule has 0 radical (unpaired) electrons. The van der Waals surface area contributed by atoms with Crippen molar-refractivity contribution in [1.82, 2.24) is 0 Å². The molecule has 2 rings (SSSR count). The van der Waals surface area contributed by atoms with E-state index < -0.39 is 0 Å². The zero-order chi connectivity index (χ0) is 13.1. The summed E-state index contributed by atoms with van der Waals surface area (Å²) in [5, 5.41) is 4.68. The van der Waals surface area contributed by atoms with E-state index in [1.807, 2.05) is 18.2 Å². The Labute approximate surface area is 125 Å². The van der Waals surface area contributed by atoms with Crippen molar-refractivity contribution in [2.45, 2.75) is 13.5 Å². The first-order chi connectivity index (χ1) is 8.54. The Hall–Kier alpha value is -0.700. The second-order valence-corrected chi connectivity index (χ2v) is 5.87. The topological polar surface area (TPSA) is 12.0 Å². The molecule has 0 aliphatic heterocycles. The van der Waals surface area contributed by atoms with E-state index in [2.05, 4.69) is 40.3 Å². The molecule has 1 nitrogen and oxygen atoms in total. The minimum atomic E-state index is 0.655. The van der Waals surface area contributed by atoms with Crippen LogP contribution in [-0.2, 0) is 6.54 Å². The SMILES string of the molecule is Cc1cc(Br)cc(NCc2ccc(Cl)cc2Cl)c1. The predicted octanol–water partition coefficient (Wildman–Crippen LogP) is 5.68. The number of aryl methyl sites for hydroxylation is 1. The smallest absolute Gasteiger partial charge is 0.0470 e. The Kier molecular flexibility index (Phi) is 4.55. The molecule has 0 saturated heterocycles. The molecule has 0 fully saturated rings. The van der Waals surface area contributed by atoms with Crippen LogP contribution < -0.4 is 5.32 Å². The lowest BCUT2D eigenvalue weighted by molar-refractivity contribution is 1.15. The van der Waals surface area contributed by atoms with Gasteiger partial charge in [0.15, 0.2) is 0 Å². The molecule has 94 valence electrons. The maximum absolute atomic E-state index is 6.12. The summed E-state index contributed by atoms with van der Waals surface area (Å²) in [4.78, 5) is 0. The highest BCUT2D eigenvalue weighted by atomic mass is 79.9. The Morgan fingerprint density at radius 1 is 1.11 bits per heavy atom. The molecule has 0 bridgehead atoms. The summed E-state index contributed by atoms with van der Waals surface area (Å²) < 4.78 is 1.06. The summed E-state index contributed by atoms with van der Waals surface area (Å²) in [5.74, 6) is 0. The van der Waals surface area contributed by atoms with Gasteiger partial charge in [-0.1, -0.05) is 45.2 Å². The van der Waals surface area contributed by atoms with Crippen molar-refractivity contribution in [3.63, 3.8) is 0 Å². The van der Waals surface area contributed by atoms with E-state index >= 15 is 0 Å². The first-order valence-electron chi connectivity index (χ1n) is 5.49. The van der Waals surface area contributed by atoms with Gasteiger partial charge in [0.05, 0.1) is 0 Å². The molecule has 0 aromatic heterocycles. The Morgan fingerprint density at radius 2 is 1.89 bits per heavy atom. The van der Waals surface area contributed by atoms with Crippen molar-refractivity contribution in [2.75, 3.05) is 5.32 Å². The maximum Gasteiger partial charge on any atom is 0.0470 e. The van der Waals surface area contributed by atoms with Gasteiger partial charge in [-0.05, 0) is 48.4 Å². The fourth-order valence-corrected chi connectivity index (χ4v) is 2.78. The lowest BCUT2D eigenvalue weighted by Gasteiger charge is -2.09. The molecule has 1 N–H and O–H groups in total. The van der Waals surface area contributed by atoms with E-state index in [1.54, 1.807) is 6.07 Å². The lowest BCUT2D eigenvalue weighted by Crippen LogP contribution is -2.00. The largest absolute Gasteiger partial charge is 0.381 e. The molecule has 0 heterocycles. The molecule has 2 aromatic carbocycles. The summed E-state index contributed by atoms with van der Waals surface area (Å²) in [6, 6.07) is 11.7. The van der Waals surface area contributed by atoms with Crippen LogP contribution in [-0.4, -0.2) is 0 Å². The first kappa shape index (κ1) is 13.7. The average Bonchev–Trinajstić information content (AvgIpc) is 2.26. The van der Waals surface area contributed by atoms with Crippen LogP contribution >= 0.6 is 39.1 Å². The van der Waals surface area contributed by atoms with E-state index in [1.165, 1.54) is 5.56 Å². The van der Waals surface area contributed by atoms with Crippen molar-refractivity contribution in [2.24, 2.45) is 0 Å². The summed E-state index contributed by atoms with van der Waals surface area (Å²) in [7, 11) is 0. The van der Waals surface area contributed by atoms with Crippen LogP contribution in [0.2, 0.25) is 10.0 Å². The molecule has 0 aliphatic rings. The second kappa shape index (κ2) is 5.96. The molecule has 0 amide bonds. The van der Waals surface area contributed by atoms with Crippen LogP contribution in [0.15, 0.2) is 40.9 Å². The molecule has 18 heavy (non-hydrogen) atoms. The van der Waals surface area contributed by atoms with E-state index in [9.17, 15) is 0 Å². The quantitative estimate of drug-likeness (QED) is 0.755. The molecule has 0 saturated carbocycles. The monoisotopic (exact) mass is 343 g/mol.